The number of benzene rings is 1. The Kier molecular flexibility index (Phi) is 6.59. The normalized spacial score (nSPS) is 10.4. The predicted octanol–water partition coefficient (Wildman–Crippen LogP) is 3.91. The molecule has 0 unspecified atom stereocenters. The molecule has 2 nitrogen and oxygen atoms in total. The van der Waals surface area contributed by atoms with E-state index in [9.17, 15) is 0 Å². The monoisotopic (exact) mass is 228 g/mol. The number of nitrogens with one attached hydrogen (secondary N) is 1. The van der Waals surface area contributed by atoms with Gasteiger partial charge in [-0.25, -0.2) is 0 Å². The highest BCUT2D eigenvalue weighted by molar-refractivity contribution is 5.51. The van der Waals surface area contributed by atoms with Gasteiger partial charge in [0.2, 0.25) is 0 Å². The van der Waals surface area contributed by atoms with Crippen molar-refractivity contribution in [1.82, 2.24) is 0 Å². The maximum absolute atomic E-state index is 8.61. The molecule has 0 fully saturated rings. The molecular weight excluding hydrogens is 208 g/mol. The third kappa shape index (κ3) is 5.21. The molecule has 0 amide bonds. The van der Waals surface area contributed by atoms with Gasteiger partial charge >= 0.3 is 0 Å². The van der Waals surface area contributed by atoms with Crippen LogP contribution >= 0.6 is 0 Å². The van der Waals surface area contributed by atoms with Crippen LogP contribution in [0, 0.1) is 11.3 Å². The summed E-state index contributed by atoms with van der Waals surface area (Å²) in [5.74, 6) is 0. The first-order chi connectivity index (χ1) is 8.38. The molecule has 0 atom stereocenters. The Labute approximate surface area is 104 Å². The van der Waals surface area contributed by atoms with Crippen LogP contribution in [0.3, 0.4) is 0 Å². The molecule has 0 spiro atoms. The van der Waals surface area contributed by atoms with E-state index in [-0.39, 0.29) is 0 Å². The summed E-state index contributed by atoms with van der Waals surface area (Å²) in [6.45, 7) is 3.08. The van der Waals surface area contributed by atoms with Gasteiger partial charge in [-0.2, -0.15) is 5.26 Å². The van der Waals surface area contributed by atoms with Crippen LogP contribution in [0.2, 0.25) is 0 Å². The standard InChI is InChI=1S/C15H20N2/c1-2-3-4-7-13-17-15-11-6-5-9-14(15)10-8-12-16/h3-6,9,11,17H,2,7-8,10,13H2,1H3. The predicted molar refractivity (Wildman–Crippen MR) is 72.9 cm³/mol. The third-order valence-electron chi connectivity index (χ3n) is 2.55. The van der Waals surface area contributed by atoms with Crippen LogP contribution in [0.4, 0.5) is 5.69 Å². The van der Waals surface area contributed by atoms with Gasteiger partial charge < -0.3 is 5.32 Å². The summed E-state index contributed by atoms with van der Waals surface area (Å²) in [6, 6.07) is 10.4. The number of allylic oxidation sites excluding steroid dienone is 1. The van der Waals surface area contributed by atoms with Crippen molar-refractivity contribution >= 4 is 5.69 Å². The number of hydrogen-bond donors (Lipinski definition) is 1. The summed E-state index contributed by atoms with van der Waals surface area (Å²) < 4.78 is 0. The van der Waals surface area contributed by atoms with Crippen LogP contribution in [0.1, 0.15) is 31.7 Å². The number of hydrogen-bond acceptors (Lipinski definition) is 2. The van der Waals surface area contributed by atoms with Crippen molar-refractivity contribution in [1.29, 1.82) is 5.26 Å². The maximum Gasteiger partial charge on any atom is 0.0625 e. The minimum absolute atomic E-state index is 0.578. The molecule has 1 N–H and O–H groups in total. The second-order valence-corrected chi connectivity index (χ2v) is 3.91. The van der Waals surface area contributed by atoms with Gasteiger partial charge in [-0.15, -0.1) is 0 Å². The number of nitrogens with zero attached hydrogens (tertiary/aromatic N) is 1. The molecule has 0 heterocycles. The molecule has 0 aliphatic carbocycles. The summed E-state index contributed by atoms with van der Waals surface area (Å²) in [4.78, 5) is 0. The van der Waals surface area contributed by atoms with Crippen LogP contribution in [0.5, 0.6) is 0 Å². The fraction of sp³-hybridized carbons (Fsp3) is 0.400. The topological polar surface area (TPSA) is 35.8 Å². The Morgan fingerprint density at radius 1 is 1.29 bits per heavy atom. The van der Waals surface area contributed by atoms with E-state index in [1.807, 2.05) is 12.1 Å². The van der Waals surface area contributed by atoms with Crippen LogP contribution < -0.4 is 5.32 Å². The van der Waals surface area contributed by atoms with Gasteiger partial charge in [-0.05, 0) is 30.9 Å². The Balaban J connectivity index is 2.46. The summed E-state index contributed by atoms with van der Waals surface area (Å²) in [5, 5.41) is 12.0. The molecular formula is C15H20N2. The van der Waals surface area contributed by atoms with Gasteiger partial charge in [0.05, 0.1) is 6.07 Å². The largest absolute Gasteiger partial charge is 0.385 e. The smallest absolute Gasteiger partial charge is 0.0625 e. The number of anilines is 1. The Morgan fingerprint density at radius 3 is 2.88 bits per heavy atom. The minimum Gasteiger partial charge on any atom is -0.385 e. The Hall–Kier alpha value is -1.75. The molecule has 17 heavy (non-hydrogen) atoms. The highest BCUT2D eigenvalue weighted by atomic mass is 14.9. The number of rotatable bonds is 7. The van der Waals surface area contributed by atoms with Crippen molar-refractivity contribution in [3.8, 4) is 6.07 Å². The summed E-state index contributed by atoms with van der Waals surface area (Å²) in [5.41, 5.74) is 2.39. The van der Waals surface area contributed by atoms with Gasteiger partial charge in [-0.3, -0.25) is 0 Å². The molecule has 0 aromatic heterocycles. The lowest BCUT2D eigenvalue weighted by molar-refractivity contribution is 0.993. The summed E-state index contributed by atoms with van der Waals surface area (Å²) in [6.07, 6.45) is 7.92. The lowest BCUT2D eigenvalue weighted by atomic mass is 10.1. The van der Waals surface area contributed by atoms with E-state index in [0.29, 0.717) is 6.42 Å². The lowest BCUT2D eigenvalue weighted by Gasteiger charge is -2.09. The van der Waals surface area contributed by atoms with E-state index < -0.39 is 0 Å². The van der Waals surface area contributed by atoms with Crippen molar-refractivity contribution < 1.29 is 0 Å². The second-order valence-electron chi connectivity index (χ2n) is 3.91. The maximum atomic E-state index is 8.61. The van der Waals surface area contributed by atoms with Gasteiger partial charge in [0.1, 0.15) is 0 Å². The fourth-order valence-corrected chi connectivity index (χ4v) is 1.68. The number of para-hydroxylation sites is 1. The SMILES string of the molecule is CCC=CCCNc1ccccc1CCC#N. The first kappa shape index (κ1) is 13.3. The van der Waals surface area contributed by atoms with Crippen LogP contribution in [0.15, 0.2) is 36.4 Å². The molecule has 0 aliphatic heterocycles. The Bertz CT molecular complexity index is 388. The van der Waals surface area contributed by atoms with Crippen molar-refractivity contribution in [3.63, 3.8) is 0 Å². The number of aryl methyl sites for hydroxylation is 1. The van der Waals surface area contributed by atoms with Gasteiger partial charge in [0.25, 0.3) is 0 Å². The molecule has 1 aromatic rings. The molecule has 90 valence electrons. The molecule has 0 saturated heterocycles. The van der Waals surface area contributed by atoms with Crippen molar-refractivity contribution in [2.24, 2.45) is 0 Å². The van der Waals surface area contributed by atoms with E-state index >= 15 is 0 Å². The van der Waals surface area contributed by atoms with E-state index in [4.69, 9.17) is 5.26 Å². The van der Waals surface area contributed by atoms with E-state index in [1.54, 1.807) is 0 Å². The zero-order chi connectivity index (χ0) is 12.3. The van der Waals surface area contributed by atoms with E-state index in [0.717, 1.165) is 31.5 Å². The van der Waals surface area contributed by atoms with Crippen LogP contribution in [0.25, 0.3) is 0 Å². The average molecular weight is 228 g/mol. The highest BCUT2D eigenvalue weighted by Gasteiger charge is 1.99. The van der Waals surface area contributed by atoms with Gasteiger partial charge in [0.15, 0.2) is 0 Å². The van der Waals surface area contributed by atoms with Crippen molar-refractivity contribution in [2.45, 2.75) is 32.6 Å². The summed E-state index contributed by atoms with van der Waals surface area (Å²) in [7, 11) is 0. The van der Waals surface area contributed by atoms with Gasteiger partial charge in [0, 0.05) is 18.7 Å². The zero-order valence-corrected chi connectivity index (χ0v) is 10.4. The first-order valence-corrected chi connectivity index (χ1v) is 6.22. The van der Waals surface area contributed by atoms with E-state index in [2.05, 4.69) is 42.6 Å². The minimum atomic E-state index is 0.578. The van der Waals surface area contributed by atoms with Crippen molar-refractivity contribution in [2.75, 3.05) is 11.9 Å². The number of nitriles is 1. The van der Waals surface area contributed by atoms with Crippen LogP contribution in [-0.4, -0.2) is 6.54 Å². The fourth-order valence-electron chi connectivity index (χ4n) is 1.68. The van der Waals surface area contributed by atoms with Gasteiger partial charge in [-0.1, -0.05) is 37.3 Å². The molecule has 0 bridgehead atoms. The quantitative estimate of drug-likeness (QED) is 0.567. The molecule has 2 heteroatoms. The average Bonchev–Trinajstić information content (AvgIpc) is 2.37. The molecule has 0 saturated carbocycles. The molecule has 1 aromatic carbocycles. The zero-order valence-electron chi connectivity index (χ0n) is 10.4. The van der Waals surface area contributed by atoms with Crippen LogP contribution in [-0.2, 0) is 6.42 Å². The molecule has 1 rings (SSSR count). The second kappa shape index (κ2) is 8.41. The Morgan fingerprint density at radius 2 is 2.12 bits per heavy atom. The molecule has 0 aliphatic rings. The first-order valence-electron chi connectivity index (χ1n) is 6.22. The van der Waals surface area contributed by atoms with E-state index in [1.165, 1.54) is 5.56 Å². The van der Waals surface area contributed by atoms with Crippen molar-refractivity contribution in [3.05, 3.63) is 42.0 Å². The molecule has 0 radical (unpaired) electrons. The third-order valence-corrected chi connectivity index (χ3v) is 2.55. The summed E-state index contributed by atoms with van der Waals surface area (Å²) >= 11 is 0. The lowest BCUT2D eigenvalue weighted by Crippen LogP contribution is -2.03. The highest BCUT2D eigenvalue weighted by Crippen LogP contribution is 2.16.